The third-order valence-corrected chi connectivity index (χ3v) is 18.7. The Labute approximate surface area is 540 Å². The van der Waals surface area contributed by atoms with E-state index in [0.717, 1.165) is 12.8 Å². The van der Waals surface area contributed by atoms with E-state index in [9.17, 15) is 38.7 Å². The molecular formula is C68H121N9O13. The van der Waals surface area contributed by atoms with Crippen molar-refractivity contribution in [1.29, 1.82) is 0 Å². The average molecular weight is 1270 g/mol. The van der Waals surface area contributed by atoms with Gasteiger partial charge in [-0.2, -0.15) is 5.06 Å². The number of hydrogen-bond acceptors (Lipinski definition) is 14. The zero-order chi connectivity index (χ0) is 69.3. The fraction of sp³-hybridized carbons (Fsp3) is 0.838. The molecule has 0 aromatic rings. The van der Waals surface area contributed by atoms with Crippen LogP contribution in [0.4, 0.5) is 0 Å². The number of ketones is 3. The Morgan fingerprint density at radius 2 is 0.922 bits per heavy atom. The number of amides is 8. The fourth-order valence-electron chi connectivity index (χ4n) is 12.6. The predicted molar refractivity (Wildman–Crippen MR) is 349 cm³/mol. The van der Waals surface area contributed by atoms with Gasteiger partial charge >= 0.3 is 0 Å². The van der Waals surface area contributed by atoms with Crippen molar-refractivity contribution in [2.24, 2.45) is 59.2 Å². The second kappa shape index (κ2) is 36.8. The number of Topliss-reactive ketones (excluding diaryl/α,β-unsaturated/α-hetero) is 3. The van der Waals surface area contributed by atoms with Crippen LogP contribution in [0, 0.1) is 59.2 Å². The summed E-state index contributed by atoms with van der Waals surface area (Å²) in [6.45, 7) is 32.1. The average Bonchev–Trinajstić information content (AvgIpc) is 0.906. The smallest absolute Gasteiger partial charge is 0.246 e. The van der Waals surface area contributed by atoms with Crippen LogP contribution < -0.4 is 5.32 Å². The van der Waals surface area contributed by atoms with Gasteiger partial charge in [0.2, 0.25) is 47.3 Å². The minimum absolute atomic E-state index is 0.0702. The minimum Gasteiger partial charge on any atom is -0.390 e. The summed E-state index contributed by atoms with van der Waals surface area (Å²) >= 11 is 0. The number of hydrogen-bond donors (Lipinski definition) is 2. The number of carbonyl (C=O) groups excluding carboxylic acids is 11. The van der Waals surface area contributed by atoms with Crippen molar-refractivity contribution in [3.05, 3.63) is 0 Å². The SMILES string of the molecule is CC[C@H]1CC(=O)[C@@H]([C@H](O)[C@H](C)CCN2CCCCO2)N(C)C(=O)[C@@H](C(C)C)N(C)C(=O)[C@@H](CC(C)C)N(C)C(=O)[C@@H](CC(C)C)N(C)C(=O)[C@H](C)NC(=O)[C@@H](C)CC(=O)C(CC(C)C)N(C)C(=O)[C@@H](C(C)C)CC(=O)[C@H](CC(C)C)N(C)C(=O)[C@@H](C)N(C)C1=O. The molecule has 2 saturated heterocycles. The Kier molecular flexibility index (Phi) is 33.0. The Balaban J connectivity index is 3.00. The molecule has 0 bridgehead atoms. The van der Waals surface area contributed by atoms with E-state index >= 15 is 19.2 Å². The molecule has 90 heavy (non-hydrogen) atoms. The van der Waals surface area contributed by atoms with E-state index in [1.807, 2.05) is 74.3 Å². The Morgan fingerprint density at radius 1 is 0.478 bits per heavy atom. The number of nitrogens with zero attached hydrogens (tertiary/aromatic N) is 8. The molecule has 1 unspecified atom stereocenters. The largest absolute Gasteiger partial charge is 0.390 e. The summed E-state index contributed by atoms with van der Waals surface area (Å²) in [5, 5.41) is 17.0. The van der Waals surface area contributed by atoms with Crippen molar-refractivity contribution in [1.82, 2.24) is 44.7 Å². The van der Waals surface area contributed by atoms with E-state index in [0.29, 0.717) is 26.1 Å². The third kappa shape index (κ3) is 22.2. The van der Waals surface area contributed by atoms with Gasteiger partial charge in [0.15, 0.2) is 17.3 Å². The molecular weight excluding hydrogens is 1150 g/mol. The Morgan fingerprint density at radius 3 is 1.38 bits per heavy atom. The third-order valence-electron chi connectivity index (χ3n) is 18.7. The number of aliphatic hydroxyl groups excluding tert-OH is 1. The Hall–Kier alpha value is -5.35. The summed E-state index contributed by atoms with van der Waals surface area (Å²) in [4.78, 5) is 178. The number of likely N-dealkylation sites (N-methyl/N-ethyl adjacent to an activating group) is 7. The standard InChI is InChI=1S/C68H121N9O13/c1-25-49-37-57(80)59(60(81)45(14)28-30-77-29-26-27-31-90-77)76(24)68(89)58(44(12)13)75(23)67(88)54(35-42(8)9)74(22)66(87)53(34-41(6)7)73(21)62(83)47(16)69-61(82)46(15)36-55(78)51(32-39(2)3)72(20)65(86)50(43(10)11)38-56(79)52(33-40(4)5)71(19)63(84)48(17)70(18)64(49)85/h39-54,58-60,81H,25-38H2,1-24H3,(H,69,82)/t45-,46+,47+,48-,49+,50-,51?,52+,53-,54-,58-,59+,60-/m1/s1. The topological polar surface area (TPSA) is 255 Å². The first-order valence-electron chi connectivity index (χ1n) is 33.5. The van der Waals surface area contributed by atoms with Crippen molar-refractivity contribution < 1.29 is 62.7 Å². The molecule has 2 aliphatic rings. The molecule has 0 aromatic carbocycles. The van der Waals surface area contributed by atoms with Crippen LogP contribution >= 0.6 is 0 Å². The molecule has 0 aromatic heterocycles. The van der Waals surface area contributed by atoms with E-state index in [2.05, 4.69) is 5.32 Å². The molecule has 22 nitrogen and oxygen atoms in total. The Bertz CT molecular complexity index is 2430. The second-order valence-electron chi connectivity index (χ2n) is 28.9. The van der Waals surface area contributed by atoms with E-state index < -0.39 is 155 Å². The van der Waals surface area contributed by atoms with E-state index in [1.54, 1.807) is 41.5 Å². The first kappa shape index (κ1) is 80.7. The predicted octanol–water partition coefficient (Wildman–Crippen LogP) is 6.38. The minimum atomic E-state index is -1.52. The van der Waals surface area contributed by atoms with Gasteiger partial charge < -0.3 is 44.7 Å². The fourth-order valence-corrected chi connectivity index (χ4v) is 12.6. The van der Waals surface area contributed by atoms with Gasteiger partial charge in [0.1, 0.15) is 36.3 Å². The highest BCUT2D eigenvalue weighted by Gasteiger charge is 2.46. The summed E-state index contributed by atoms with van der Waals surface area (Å²) in [6.07, 6.45) is 0.720. The maximum absolute atomic E-state index is 15.4. The first-order valence-corrected chi connectivity index (χ1v) is 33.5. The van der Waals surface area contributed by atoms with E-state index in [-0.39, 0.29) is 74.4 Å². The van der Waals surface area contributed by atoms with E-state index in [1.165, 1.54) is 90.6 Å². The summed E-state index contributed by atoms with van der Waals surface area (Å²) in [5.41, 5.74) is 0. The monoisotopic (exact) mass is 1270 g/mol. The maximum atomic E-state index is 15.4. The van der Waals surface area contributed by atoms with Crippen LogP contribution in [-0.2, 0) is 57.6 Å². The summed E-state index contributed by atoms with van der Waals surface area (Å²) in [6, 6.07) is -9.33. The van der Waals surface area contributed by atoms with Crippen molar-refractivity contribution >= 4 is 64.6 Å². The number of nitrogens with one attached hydrogen (secondary N) is 1. The molecule has 0 spiro atoms. The van der Waals surface area contributed by atoms with Crippen LogP contribution in [0.2, 0.25) is 0 Å². The summed E-state index contributed by atoms with van der Waals surface area (Å²) in [7, 11) is 10.3. The molecule has 0 saturated carbocycles. The first-order chi connectivity index (χ1) is 41.7. The lowest BCUT2D eigenvalue weighted by molar-refractivity contribution is -0.183. The van der Waals surface area contributed by atoms with E-state index in [4.69, 9.17) is 4.84 Å². The molecule has 13 atom stereocenters. The van der Waals surface area contributed by atoms with Gasteiger partial charge in [0, 0.05) is 99.4 Å². The molecule has 0 aliphatic carbocycles. The molecule has 2 heterocycles. The number of hydroxylamine groups is 2. The molecule has 0 radical (unpaired) electrons. The lowest BCUT2D eigenvalue weighted by atomic mass is 9.84. The van der Waals surface area contributed by atoms with Gasteiger partial charge in [-0.3, -0.25) is 57.6 Å². The van der Waals surface area contributed by atoms with Gasteiger partial charge in [-0.05, 0) is 107 Å². The zero-order valence-corrected chi connectivity index (χ0v) is 59.8. The lowest BCUT2D eigenvalue weighted by Crippen LogP contribution is -2.62. The zero-order valence-electron chi connectivity index (χ0n) is 59.8. The number of carbonyl (C=O) groups is 11. The quantitative estimate of drug-likeness (QED) is 0.170. The summed E-state index contributed by atoms with van der Waals surface area (Å²) < 4.78 is 0. The maximum Gasteiger partial charge on any atom is 0.246 e. The number of aliphatic hydroxyl groups is 1. The normalized spacial score (nSPS) is 28.3. The van der Waals surface area contributed by atoms with Crippen molar-refractivity contribution in [3.63, 3.8) is 0 Å². The summed E-state index contributed by atoms with van der Waals surface area (Å²) in [5.74, 6) is -10.9. The highest BCUT2D eigenvalue weighted by atomic mass is 16.7. The van der Waals surface area contributed by atoms with Crippen molar-refractivity contribution in [3.8, 4) is 0 Å². The second-order valence-corrected chi connectivity index (χ2v) is 28.9. The highest BCUT2D eigenvalue weighted by molar-refractivity contribution is 6.00. The van der Waals surface area contributed by atoms with Gasteiger partial charge in [0.25, 0.3) is 0 Å². The van der Waals surface area contributed by atoms with Crippen LogP contribution in [0.1, 0.15) is 188 Å². The van der Waals surface area contributed by atoms with Crippen LogP contribution in [-0.4, -0.2) is 233 Å². The van der Waals surface area contributed by atoms with Crippen LogP contribution in [0.5, 0.6) is 0 Å². The van der Waals surface area contributed by atoms with Gasteiger partial charge in [-0.15, -0.1) is 0 Å². The van der Waals surface area contributed by atoms with Crippen LogP contribution in [0.15, 0.2) is 0 Å². The molecule has 2 N–H and O–H groups in total. The van der Waals surface area contributed by atoms with Gasteiger partial charge in [0.05, 0.1) is 24.8 Å². The number of rotatable bonds is 16. The molecule has 2 aliphatic heterocycles. The molecule has 2 rings (SSSR count). The van der Waals surface area contributed by atoms with Gasteiger partial charge in [-0.1, -0.05) is 104 Å². The highest BCUT2D eigenvalue weighted by Crippen LogP contribution is 2.30. The molecule has 516 valence electrons. The molecule has 2 fully saturated rings. The molecule has 22 heteroatoms. The van der Waals surface area contributed by atoms with Crippen molar-refractivity contribution in [2.75, 3.05) is 69.0 Å². The van der Waals surface area contributed by atoms with Gasteiger partial charge in [-0.25, -0.2) is 0 Å². The van der Waals surface area contributed by atoms with Crippen molar-refractivity contribution in [2.45, 2.75) is 243 Å². The molecule has 8 amide bonds. The van der Waals surface area contributed by atoms with Crippen LogP contribution in [0.3, 0.4) is 0 Å². The van der Waals surface area contributed by atoms with Crippen LogP contribution in [0.25, 0.3) is 0 Å². The lowest BCUT2D eigenvalue weighted by Gasteiger charge is -2.42.